The molecule has 0 fully saturated rings. The molecule has 0 saturated heterocycles. The van der Waals surface area contributed by atoms with Crippen LogP contribution in [-0.4, -0.2) is 49.2 Å². The van der Waals surface area contributed by atoms with Crippen molar-refractivity contribution in [2.75, 3.05) is 38.7 Å². The zero-order valence-corrected chi connectivity index (χ0v) is 17.2. The first kappa shape index (κ1) is 22.0. The highest BCUT2D eigenvalue weighted by Crippen LogP contribution is 2.25. The number of hydrogen-bond acceptors (Lipinski definition) is 7. The molecule has 1 heterocycles. The van der Waals surface area contributed by atoms with Gasteiger partial charge < -0.3 is 20.1 Å². The molecule has 0 saturated carbocycles. The number of nitro groups is 1. The second kappa shape index (κ2) is 10.9. The Morgan fingerprint density at radius 2 is 1.97 bits per heavy atom. The number of carbonyl (C=O) groups excluding carboxylic acids is 1. The molecule has 31 heavy (non-hydrogen) atoms. The Bertz CT molecular complexity index is 1050. The van der Waals surface area contributed by atoms with Crippen molar-refractivity contribution in [3.8, 4) is 5.75 Å². The number of amides is 1. The average Bonchev–Trinajstić information content (AvgIpc) is 2.79. The van der Waals surface area contributed by atoms with Crippen LogP contribution >= 0.6 is 0 Å². The molecule has 9 heteroatoms. The van der Waals surface area contributed by atoms with Crippen LogP contribution in [0.2, 0.25) is 0 Å². The van der Waals surface area contributed by atoms with Gasteiger partial charge in [-0.05, 0) is 30.7 Å². The first-order valence-electron chi connectivity index (χ1n) is 9.86. The van der Waals surface area contributed by atoms with Gasteiger partial charge in [-0.25, -0.2) is 0 Å². The number of methoxy groups -OCH3 is 1. The monoisotopic (exact) mass is 424 g/mol. The Balaban J connectivity index is 1.51. The maximum atomic E-state index is 12.4. The van der Waals surface area contributed by atoms with E-state index in [9.17, 15) is 14.9 Å². The Morgan fingerprint density at radius 1 is 1.13 bits per heavy atom. The molecule has 2 N–H and O–H groups in total. The van der Waals surface area contributed by atoms with Crippen LogP contribution in [0.15, 0.2) is 54.7 Å². The first-order valence-corrected chi connectivity index (χ1v) is 9.86. The van der Waals surface area contributed by atoms with Gasteiger partial charge in [0.25, 0.3) is 11.6 Å². The van der Waals surface area contributed by atoms with Crippen molar-refractivity contribution in [2.24, 2.45) is 0 Å². The quantitative estimate of drug-likeness (QED) is 0.275. The highest BCUT2D eigenvalue weighted by Gasteiger charge is 2.17. The van der Waals surface area contributed by atoms with Crippen molar-refractivity contribution < 1.29 is 19.2 Å². The molecule has 0 aliphatic carbocycles. The van der Waals surface area contributed by atoms with E-state index in [1.165, 1.54) is 12.1 Å². The predicted octanol–water partition coefficient (Wildman–Crippen LogP) is 3.40. The van der Waals surface area contributed by atoms with Crippen LogP contribution in [0.25, 0.3) is 10.9 Å². The Kier molecular flexibility index (Phi) is 7.72. The van der Waals surface area contributed by atoms with E-state index < -0.39 is 4.92 Å². The molecule has 0 aliphatic rings. The lowest BCUT2D eigenvalue weighted by atomic mass is 10.1. The lowest BCUT2D eigenvalue weighted by molar-refractivity contribution is -0.384. The number of carbonyl (C=O) groups is 1. The van der Waals surface area contributed by atoms with E-state index in [2.05, 4.69) is 15.6 Å². The number of anilines is 1. The summed E-state index contributed by atoms with van der Waals surface area (Å²) in [5, 5.41) is 18.0. The number of nitro benzene ring substituents is 1. The van der Waals surface area contributed by atoms with E-state index in [1.807, 2.05) is 30.3 Å². The fourth-order valence-electron chi connectivity index (χ4n) is 3.01. The fraction of sp³-hybridized carbons (Fsp3) is 0.273. The minimum Gasteiger partial charge on any atom is -0.491 e. The van der Waals surface area contributed by atoms with E-state index in [4.69, 9.17) is 9.47 Å². The number of pyridine rings is 1. The van der Waals surface area contributed by atoms with Crippen molar-refractivity contribution in [1.82, 2.24) is 10.3 Å². The van der Waals surface area contributed by atoms with Crippen molar-refractivity contribution >= 4 is 28.2 Å². The summed E-state index contributed by atoms with van der Waals surface area (Å²) in [6, 6.07) is 13.9. The van der Waals surface area contributed by atoms with E-state index in [-0.39, 0.29) is 17.2 Å². The number of rotatable bonds is 11. The van der Waals surface area contributed by atoms with Crippen molar-refractivity contribution in [3.63, 3.8) is 0 Å². The maximum Gasteiger partial charge on any atom is 0.293 e. The van der Waals surface area contributed by atoms with Gasteiger partial charge in [-0.1, -0.05) is 18.2 Å². The van der Waals surface area contributed by atoms with Crippen molar-refractivity contribution in [2.45, 2.75) is 6.42 Å². The van der Waals surface area contributed by atoms with E-state index in [1.54, 1.807) is 19.4 Å². The van der Waals surface area contributed by atoms with E-state index in [0.29, 0.717) is 44.2 Å². The van der Waals surface area contributed by atoms with Gasteiger partial charge in [0, 0.05) is 43.4 Å². The second-order valence-corrected chi connectivity index (χ2v) is 6.70. The minimum atomic E-state index is -0.516. The van der Waals surface area contributed by atoms with Gasteiger partial charge in [0.1, 0.15) is 17.0 Å². The van der Waals surface area contributed by atoms with Crippen LogP contribution in [0.4, 0.5) is 11.4 Å². The maximum absolute atomic E-state index is 12.4. The third-order valence-electron chi connectivity index (χ3n) is 4.54. The molecular formula is C22H24N4O5. The van der Waals surface area contributed by atoms with Gasteiger partial charge in [0.05, 0.1) is 18.1 Å². The molecule has 0 atom stereocenters. The molecule has 0 spiro atoms. The van der Waals surface area contributed by atoms with E-state index >= 15 is 0 Å². The highest BCUT2D eigenvalue weighted by atomic mass is 16.6. The van der Waals surface area contributed by atoms with Crippen LogP contribution < -0.4 is 15.4 Å². The molecule has 0 radical (unpaired) electrons. The minimum absolute atomic E-state index is 0.157. The Hall–Kier alpha value is -3.72. The van der Waals surface area contributed by atoms with Gasteiger partial charge in [-0.3, -0.25) is 19.9 Å². The summed E-state index contributed by atoms with van der Waals surface area (Å²) in [6.07, 6.45) is 2.29. The average molecular weight is 424 g/mol. The van der Waals surface area contributed by atoms with Gasteiger partial charge in [-0.2, -0.15) is 0 Å². The third-order valence-corrected chi connectivity index (χ3v) is 4.54. The van der Waals surface area contributed by atoms with Crippen LogP contribution in [0.5, 0.6) is 5.75 Å². The number of fused-ring (bicyclic) bond motifs is 1. The molecular weight excluding hydrogens is 400 g/mol. The lowest BCUT2D eigenvalue weighted by Crippen LogP contribution is -2.25. The summed E-state index contributed by atoms with van der Waals surface area (Å²) in [5.41, 5.74) is 1.20. The number of nitrogens with zero attached hydrogens (tertiary/aromatic N) is 2. The fourth-order valence-corrected chi connectivity index (χ4v) is 3.01. The van der Waals surface area contributed by atoms with Crippen LogP contribution in [-0.2, 0) is 4.74 Å². The molecule has 0 unspecified atom stereocenters. The van der Waals surface area contributed by atoms with Gasteiger partial charge in [-0.15, -0.1) is 0 Å². The smallest absolute Gasteiger partial charge is 0.293 e. The molecule has 3 rings (SSSR count). The highest BCUT2D eigenvalue weighted by molar-refractivity contribution is 5.95. The summed E-state index contributed by atoms with van der Waals surface area (Å²) >= 11 is 0. The van der Waals surface area contributed by atoms with Crippen LogP contribution in [0.1, 0.15) is 16.8 Å². The summed E-state index contributed by atoms with van der Waals surface area (Å²) in [7, 11) is 1.55. The normalized spacial score (nSPS) is 10.6. The molecule has 1 amide bonds. The summed E-state index contributed by atoms with van der Waals surface area (Å²) in [4.78, 5) is 27.5. The largest absolute Gasteiger partial charge is 0.491 e. The zero-order valence-electron chi connectivity index (χ0n) is 17.2. The van der Waals surface area contributed by atoms with Crippen molar-refractivity contribution in [3.05, 3.63) is 70.4 Å². The summed E-state index contributed by atoms with van der Waals surface area (Å²) < 4.78 is 10.7. The summed E-state index contributed by atoms with van der Waals surface area (Å²) in [6.45, 7) is 1.61. The van der Waals surface area contributed by atoms with Crippen molar-refractivity contribution in [1.29, 1.82) is 0 Å². The van der Waals surface area contributed by atoms with Gasteiger partial charge in [0.15, 0.2) is 0 Å². The molecule has 0 aliphatic heterocycles. The molecule has 9 nitrogen and oxygen atoms in total. The lowest BCUT2D eigenvalue weighted by Gasteiger charge is -2.10. The molecule has 162 valence electrons. The molecule has 3 aromatic rings. The predicted molar refractivity (Wildman–Crippen MR) is 118 cm³/mol. The van der Waals surface area contributed by atoms with Gasteiger partial charge in [0.2, 0.25) is 0 Å². The number of nitrogens with one attached hydrogen (secondary N) is 2. The van der Waals surface area contributed by atoms with Crippen LogP contribution in [0, 0.1) is 10.1 Å². The van der Waals surface area contributed by atoms with E-state index in [0.717, 1.165) is 10.9 Å². The molecule has 2 aromatic carbocycles. The standard InChI is InChI=1S/C22H24N4O5/c1-30-14-12-23-18-9-8-17(15-19(18)26(28)29)22(27)25-11-4-13-31-20-7-2-5-16-6-3-10-24-21(16)20/h2-3,5-10,15,23H,4,11-14H2,1H3,(H,25,27). The number of para-hydroxylation sites is 1. The SMILES string of the molecule is COCCNc1ccc(C(=O)NCCCOc2cccc3cccnc23)cc1[N+](=O)[O-]. The number of hydrogen-bond donors (Lipinski definition) is 2. The first-order chi connectivity index (χ1) is 15.1. The van der Waals surface area contributed by atoms with Gasteiger partial charge >= 0.3 is 0 Å². The Morgan fingerprint density at radius 3 is 2.77 bits per heavy atom. The molecule has 0 bridgehead atoms. The third kappa shape index (κ3) is 5.89. The molecule has 1 aromatic heterocycles. The topological polar surface area (TPSA) is 116 Å². The zero-order chi connectivity index (χ0) is 22.1. The number of ether oxygens (including phenoxy) is 2. The Labute approximate surface area is 179 Å². The number of aromatic nitrogens is 1. The number of benzene rings is 2. The second-order valence-electron chi connectivity index (χ2n) is 6.70. The van der Waals surface area contributed by atoms with Crippen LogP contribution in [0.3, 0.4) is 0 Å². The summed E-state index contributed by atoms with van der Waals surface area (Å²) in [5.74, 6) is 0.315.